The molecule has 1 aliphatic rings. The van der Waals surface area contributed by atoms with Gasteiger partial charge in [0.2, 0.25) is 0 Å². The standard InChI is InChI=1S/C32H34N2O4/c1-19-21(3)34(18-23-7-5-10-28(15-23)38-22(4)32(36)37)30-14-13-27(17-29(19)30)31(35)33-20(2)25-8-6-9-26(16-25)24-11-12-24/h5-10,13-17,20,22,24H,11-12,18H2,1-4H3,(H,33,35)(H,36,37)/t20-,22-/m0/s1. The molecule has 4 aromatic rings. The van der Waals surface area contributed by atoms with Crippen molar-refractivity contribution in [2.24, 2.45) is 0 Å². The van der Waals surface area contributed by atoms with Crippen molar-refractivity contribution in [3.63, 3.8) is 0 Å². The lowest BCUT2D eigenvalue weighted by Crippen LogP contribution is -2.26. The minimum Gasteiger partial charge on any atom is -0.479 e. The summed E-state index contributed by atoms with van der Waals surface area (Å²) in [5, 5.41) is 13.4. The Labute approximate surface area is 223 Å². The van der Waals surface area contributed by atoms with Crippen molar-refractivity contribution in [1.82, 2.24) is 9.88 Å². The van der Waals surface area contributed by atoms with Gasteiger partial charge in [-0.25, -0.2) is 4.79 Å². The van der Waals surface area contributed by atoms with Gasteiger partial charge >= 0.3 is 5.97 Å². The lowest BCUT2D eigenvalue weighted by Gasteiger charge is -2.16. The van der Waals surface area contributed by atoms with E-state index in [-0.39, 0.29) is 11.9 Å². The lowest BCUT2D eigenvalue weighted by atomic mass is 10.0. The van der Waals surface area contributed by atoms with Crippen molar-refractivity contribution >= 4 is 22.8 Å². The Bertz CT molecular complexity index is 1520. The second kappa shape index (κ2) is 10.4. The Morgan fingerprint density at radius 2 is 1.79 bits per heavy atom. The highest BCUT2D eigenvalue weighted by Gasteiger charge is 2.24. The normalized spacial score (nSPS) is 14.7. The van der Waals surface area contributed by atoms with Gasteiger partial charge in [0.1, 0.15) is 5.75 Å². The maximum atomic E-state index is 13.2. The molecule has 196 valence electrons. The number of rotatable bonds is 9. The Kier molecular flexibility index (Phi) is 6.98. The van der Waals surface area contributed by atoms with Gasteiger partial charge in [-0.05, 0) is 99.0 Å². The molecule has 6 nitrogen and oxygen atoms in total. The fourth-order valence-corrected chi connectivity index (χ4v) is 5.01. The number of ether oxygens (including phenoxy) is 1. The molecular weight excluding hydrogens is 476 g/mol. The summed E-state index contributed by atoms with van der Waals surface area (Å²) in [6, 6.07) is 21.9. The molecule has 0 saturated heterocycles. The van der Waals surface area contributed by atoms with Crippen molar-refractivity contribution in [2.45, 2.75) is 65.1 Å². The van der Waals surface area contributed by atoms with Crippen LogP contribution in [-0.4, -0.2) is 27.7 Å². The third-order valence-corrected chi connectivity index (χ3v) is 7.61. The van der Waals surface area contributed by atoms with E-state index in [1.165, 1.54) is 25.3 Å². The van der Waals surface area contributed by atoms with Gasteiger partial charge in [-0.1, -0.05) is 36.4 Å². The minimum absolute atomic E-state index is 0.0809. The molecule has 2 atom stereocenters. The van der Waals surface area contributed by atoms with E-state index in [2.05, 4.69) is 48.0 Å². The molecule has 0 aliphatic heterocycles. The fourth-order valence-electron chi connectivity index (χ4n) is 5.01. The molecule has 38 heavy (non-hydrogen) atoms. The van der Waals surface area contributed by atoms with E-state index < -0.39 is 12.1 Å². The van der Waals surface area contributed by atoms with Crippen LogP contribution < -0.4 is 10.1 Å². The lowest BCUT2D eigenvalue weighted by molar-refractivity contribution is -0.144. The number of nitrogens with zero attached hydrogens (tertiary/aromatic N) is 1. The van der Waals surface area contributed by atoms with E-state index in [9.17, 15) is 9.59 Å². The van der Waals surface area contributed by atoms with Gasteiger partial charge in [0.25, 0.3) is 5.91 Å². The van der Waals surface area contributed by atoms with Crippen molar-refractivity contribution in [3.8, 4) is 5.75 Å². The van der Waals surface area contributed by atoms with Gasteiger partial charge < -0.3 is 19.7 Å². The van der Waals surface area contributed by atoms with Crippen molar-refractivity contribution in [2.75, 3.05) is 0 Å². The SMILES string of the molecule is Cc1c(C)n(Cc2cccc(O[C@@H](C)C(=O)O)c2)c2ccc(C(=O)N[C@@H](C)c3cccc(C4CC4)c3)cc12. The number of carbonyl (C=O) groups is 2. The second-order valence-electron chi connectivity index (χ2n) is 10.4. The summed E-state index contributed by atoms with van der Waals surface area (Å²) in [6.07, 6.45) is 1.59. The highest BCUT2D eigenvalue weighted by molar-refractivity contribution is 5.99. The van der Waals surface area contributed by atoms with Crippen LogP contribution in [0.2, 0.25) is 0 Å². The van der Waals surface area contributed by atoms with Crippen LogP contribution in [0.4, 0.5) is 0 Å². The third-order valence-electron chi connectivity index (χ3n) is 7.61. The number of hydrogen-bond donors (Lipinski definition) is 2. The Balaban J connectivity index is 1.35. The van der Waals surface area contributed by atoms with Gasteiger partial charge in [0.15, 0.2) is 6.10 Å². The van der Waals surface area contributed by atoms with E-state index in [4.69, 9.17) is 9.84 Å². The van der Waals surface area contributed by atoms with Crippen LogP contribution in [0.1, 0.15) is 77.0 Å². The van der Waals surface area contributed by atoms with E-state index in [1.807, 2.05) is 43.3 Å². The number of carbonyl (C=O) groups excluding carboxylic acids is 1. The molecule has 0 radical (unpaired) electrons. The molecule has 1 fully saturated rings. The zero-order chi connectivity index (χ0) is 27.0. The van der Waals surface area contributed by atoms with Crippen molar-refractivity contribution in [1.29, 1.82) is 0 Å². The number of nitrogens with one attached hydrogen (secondary N) is 1. The van der Waals surface area contributed by atoms with Crippen LogP contribution in [0.25, 0.3) is 10.9 Å². The number of aromatic nitrogens is 1. The molecule has 2 N–H and O–H groups in total. The summed E-state index contributed by atoms with van der Waals surface area (Å²) in [7, 11) is 0. The van der Waals surface area contributed by atoms with E-state index in [0.717, 1.165) is 33.3 Å². The van der Waals surface area contributed by atoms with Crippen LogP contribution >= 0.6 is 0 Å². The van der Waals surface area contributed by atoms with Crippen molar-refractivity contribution < 1.29 is 19.4 Å². The molecule has 0 spiro atoms. The first-order chi connectivity index (χ1) is 18.2. The third kappa shape index (κ3) is 5.30. The minimum atomic E-state index is -1.00. The molecule has 1 amide bonds. The first kappa shape index (κ1) is 25.6. The van der Waals surface area contributed by atoms with Crippen LogP contribution in [0.5, 0.6) is 5.75 Å². The number of amides is 1. The predicted octanol–water partition coefficient (Wildman–Crippen LogP) is 6.53. The van der Waals surface area contributed by atoms with Gasteiger partial charge in [0, 0.05) is 28.7 Å². The number of aliphatic carboxylic acids is 1. The van der Waals surface area contributed by atoms with Crippen LogP contribution in [-0.2, 0) is 11.3 Å². The Morgan fingerprint density at radius 3 is 2.53 bits per heavy atom. The summed E-state index contributed by atoms with van der Waals surface area (Å²) in [5.41, 5.74) is 7.44. The van der Waals surface area contributed by atoms with Gasteiger partial charge in [-0.2, -0.15) is 0 Å². The zero-order valence-electron chi connectivity index (χ0n) is 22.3. The van der Waals surface area contributed by atoms with Crippen LogP contribution in [0.15, 0.2) is 66.7 Å². The highest BCUT2D eigenvalue weighted by atomic mass is 16.5. The summed E-state index contributed by atoms with van der Waals surface area (Å²) in [6.45, 7) is 8.31. The van der Waals surface area contributed by atoms with Crippen LogP contribution in [0.3, 0.4) is 0 Å². The molecule has 3 aromatic carbocycles. The molecule has 5 rings (SSSR count). The highest BCUT2D eigenvalue weighted by Crippen LogP contribution is 2.40. The number of aryl methyl sites for hydroxylation is 1. The van der Waals surface area contributed by atoms with Crippen LogP contribution in [0, 0.1) is 13.8 Å². The largest absolute Gasteiger partial charge is 0.479 e. The topological polar surface area (TPSA) is 80.6 Å². The summed E-state index contributed by atoms with van der Waals surface area (Å²) < 4.78 is 7.77. The first-order valence-corrected chi connectivity index (χ1v) is 13.2. The fraction of sp³-hybridized carbons (Fsp3) is 0.312. The average Bonchev–Trinajstić information content (AvgIpc) is 3.73. The number of fused-ring (bicyclic) bond motifs is 1. The Hall–Kier alpha value is -4.06. The molecule has 6 heteroatoms. The summed E-state index contributed by atoms with van der Waals surface area (Å²) >= 11 is 0. The van der Waals surface area contributed by atoms with Gasteiger partial charge in [0.05, 0.1) is 6.04 Å². The average molecular weight is 511 g/mol. The molecule has 0 bridgehead atoms. The molecule has 1 heterocycles. The van der Waals surface area contributed by atoms with Gasteiger partial charge in [-0.15, -0.1) is 0 Å². The first-order valence-electron chi connectivity index (χ1n) is 13.2. The number of benzene rings is 3. The van der Waals surface area contributed by atoms with Crippen molar-refractivity contribution in [3.05, 3.63) is 100 Å². The molecule has 1 saturated carbocycles. The molecule has 1 aromatic heterocycles. The van der Waals surface area contributed by atoms with E-state index >= 15 is 0 Å². The number of carboxylic acid groups (broad SMARTS) is 1. The quantitative estimate of drug-likeness (QED) is 0.268. The maximum Gasteiger partial charge on any atom is 0.344 e. The monoisotopic (exact) mass is 510 g/mol. The molecular formula is C32H34N2O4. The smallest absolute Gasteiger partial charge is 0.344 e. The summed E-state index contributed by atoms with van der Waals surface area (Å²) in [5.74, 6) is 0.121. The van der Waals surface area contributed by atoms with Gasteiger partial charge in [-0.3, -0.25) is 4.79 Å². The summed E-state index contributed by atoms with van der Waals surface area (Å²) in [4.78, 5) is 24.4. The van der Waals surface area contributed by atoms with E-state index in [1.54, 1.807) is 6.07 Å². The maximum absolute atomic E-state index is 13.2. The zero-order valence-corrected chi connectivity index (χ0v) is 22.3. The molecule has 0 unspecified atom stereocenters. The van der Waals surface area contributed by atoms with E-state index in [0.29, 0.717) is 23.8 Å². The Morgan fingerprint density at radius 1 is 1.03 bits per heavy atom. The number of carboxylic acids is 1. The molecule has 1 aliphatic carbocycles. The number of hydrogen-bond acceptors (Lipinski definition) is 3. The second-order valence-corrected chi connectivity index (χ2v) is 10.4. The predicted molar refractivity (Wildman–Crippen MR) is 149 cm³/mol.